The number of rotatable bonds is 1. The van der Waals surface area contributed by atoms with E-state index < -0.39 is 0 Å². The number of hydrogen-bond acceptors (Lipinski definition) is 2. The van der Waals surface area contributed by atoms with Gasteiger partial charge >= 0.3 is 0 Å². The Kier molecular flexibility index (Phi) is 3.02. The zero-order valence-corrected chi connectivity index (χ0v) is 10.9. The molecule has 2 fully saturated rings. The molecular formula is C15H21FN2. The van der Waals surface area contributed by atoms with Gasteiger partial charge < -0.3 is 10.6 Å². The van der Waals surface area contributed by atoms with Gasteiger partial charge in [-0.2, -0.15) is 0 Å². The van der Waals surface area contributed by atoms with Gasteiger partial charge in [0.2, 0.25) is 0 Å². The second-order valence-corrected chi connectivity index (χ2v) is 5.81. The highest BCUT2D eigenvalue weighted by atomic mass is 19.1. The highest BCUT2D eigenvalue weighted by Gasteiger charge is 2.37. The molecule has 3 heteroatoms. The first kappa shape index (κ1) is 12.0. The SMILES string of the molecule is Cc1cc(F)ccc1N1C2CCCC1CC(N)C2. The third-order valence-corrected chi connectivity index (χ3v) is 4.45. The summed E-state index contributed by atoms with van der Waals surface area (Å²) in [6.45, 7) is 2.00. The maximum Gasteiger partial charge on any atom is 0.123 e. The van der Waals surface area contributed by atoms with Crippen LogP contribution in [-0.4, -0.2) is 18.1 Å². The van der Waals surface area contributed by atoms with Crippen LogP contribution < -0.4 is 10.6 Å². The Labute approximate surface area is 108 Å². The molecule has 2 unspecified atom stereocenters. The number of fused-ring (bicyclic) bond motifs is 2. The van der Waals surface area contributed by atoms with Gasteiger partial charge in [0.1, 0.15) is 5.82 Å². The van der Waals surface area contributed by atoms with Crippen molar-refractivity contribution in [1.82, 2.24) is 0 Å². The summed E-state index contributed by atoms with van der Waals surface area (Å²) in [4.78, 5) is 2.52. The minimum atomic E-state index is -0.143. The predicted octanol–water partition coefficient (Wildman–Crippen LogP) is 2.98. The zero-order valence-electron chi connectivity index (χ0n) is 10.9. The van der Waals surface area contributed by atoms with Crippen molar-refractivity contribution in [1.29, 1.82) is 0 Å². The number of nitrogens with zero attached hydrogens (tertiary/aromatic N) is 1. The predicted molar refractivity (Wildman–Crippen MR) is 72.3 cm³/mol. The van der Waals surface area contributed by atoms with Gasteiger partial charge in [-0.3, -0.25) is 0 Å². The molecule has 98 valence electrons. The number of aryl methyl sites for hydroxylation is 1. The summed E-state index contributed by atoms with van der Waals surface area (Å²) < 4.78 is 13.2. The molecule has 0 aliphatic carbocycles. The minimum absolute atomic E-state index is 0.143. The van der Waals surface area contributed by atoms with Gasteiger partial charge in [-0.25, -0.2) is 4.39 Å². The molecule has 2 N–H and O–H groups in total. The summed E-state index contributed by atoms with van der Waals surface area (Å²) in [7, 11) is 0. The molecule has 3 rings (SSSR count). The Morgan fingerprint density at radius 3 is 2.50 bits per heavy atom. The molecule has 2 nitrogen and oxygen atoms in total. The van der Waals surface area contributed by atoms with E-state index in [2.05, 4.69) is 4.90 Å². The molecule has 1 aromatic carbocycles. The van der Waals surface area contributed by atoms with Crippen molar-refractivity contribution in [2.45, 2.75) is 57.2 Å². The maximum atomic E-state index is 13.2. The first-order chi connectivity index (χ1) is 8.65. The van der Waals surface area contributed by atoms with E-state index in [0.717, 1.165) is 18.4 Å². The van der Waals surface area contributed by atoms with Crippen molar-refractivity contribution in [2.24, 2.45) is 5.73 Å². The van der Waals surface area contributed by atoms with E-state index in [1.807, 2.05) is 13.0 Å². The smallest absolute Gasteiger partial charge is 0.123 e. The van der Waals surface area contributed by atoms with Crippen LogP contribution in [0.5, 0.6) is 0 Å². The Hall–Kier alpha value is -1.09. The fraction of sp³-hybridized carbons (Fsp3) is 0.600. The molecule has 2 bridgehead atoms. The van der Waals surface area contributed by atoms with E-state index in [4.69, 9.17) is 5.73 Å². The van der Waals surface area contributed by atoms with E-state index in [0.29, 0.717) is 18.1 Å². The van der Waals surface area contributed by atoms with Gasteiger partial charge in [-0.1, -0.05) is 0 Å². The normalized spacial score (nSPS) is 31.5. The number of halogens is 1. The molecule has 0 saturated carbocycles. The van der Waals surface area contributed by atoms with Crippen molar-refractivity contribution >= 4 is 5.69 Å². The molecule has 2 saturated heterocycles. The largest absolute Gasteiger partial charge is 0.365 e. The van der Waals surface area contributed by atoms with Crippen molar-refractivity contribution in [2.75, 3.05) is 4.90 Å². The molecule has 2 heterocycles. The van der Waals surface area contributed by atoms with E-state index in [-0.39, 0.29) is 5.82 Å². The Morgan fingerprint density at radius 2 is 1.89 bits per heavy atom. The number of anilines is 1. The van der Waals surface area contributed by atoms with Crippen LogP contribution in [0, 0.1) is 12.7 Å². The summed E-state index contributed by atoms with van der Waals surface area (Å²) in [6, 6.07) is 6.60. The zero-order chi connectivity index (χ0) is 12.7. The lowest BCUT2D eigenvalue weighted by atomic mass is 9.81. The summed E-state index contributed by atoms with van der Waals surface area (Å²) in [6.07, 6.45) is 5.90. The highest BCUT2D eigenvalue weighted by molar-refractivity contribution is 5.55. The van der Waals surface area contributed by atoms with Crippen LogP contribution in [0.4, 0.5) is 10.1 Å². The minimum Gasteiger partial charge on any atom is -0.365 e. The molecule has 1 aromatic rings. The second kappa shape index (κ2) is 4.54. The fourth-order valence-corrected chi connectivity index (χ4v) is 3.73. The van der Waals surface area contributed by atoms with Crippen LogP contribution in [0.15, 0.2) is 18.2 Å². The van der Waals surface area contributed by atoms with Crippen LogP contribution in [0.2, 0.25) is 0 Å². The first-order valence-electron chi connectivity index (χ1n) is 6.95. The molecule has 2 aliphatic heterocycles. The lowest BCUT2D eigenvalue weighted by Gasteiger charge is -2.50. The van der Waals surface area contributed by atoms with Crippen LogP contribution >= 0.6 is 0 Å². The average molecular weight is 248 g/mol. The van der Waals surface area contributed by atoms with Crippen molar-refractivity contribution in [3.05, 3.63) is 29.6 Å². The highest BCUT2D eigenvalue weighted by Crippen LogP contribution is 2.38. The standard InChI is InChI=1S/C15H21FN2/c1-10-7-11(16)5-6-15(10)18-13-3-2-4-14(18)9-12(17)8-13/h5-7,12-14H,2-4,8-9,17H2,1H3. The number of benzene rings is 1. The summed E-state index contributed by atoms with van der Waals surface area (Å²) in [5, 5.41) is 0. The molecule has 2 atom stereocenters. The Bertz CT molecular complexity index is 432. The summed E-state index contributed by atoms with van der Waals surface area (Å²) >= 11 is 0. The number of nitrogens with two attached hydrogens (primary N) is 1. The van der Waals surface area contributed by atoms with E-state index in [9.17, 15) is 4.39 Å². The third kappa shape index (κ3) is 2.01. The van der Waals surface area contributed by atoms with Crippen LogP contribution in [0.1, 0.15) is 37.7 Å². The van der Waals surface area contributed by atoms with Crippen molar-refractivity contribution in [3.63, 3.8) is 0 Å². The van der Waals surface area contributed by atoms with Gasteiger partial charge in [0.15, 0.2) is 0 Å². The van der Waals surface area contributed by atoms with Gasteiger partial charge in [0.25, 0.3) is 0 Å². The van der Waals surface area contributed by atoms with Crippen molar-refractivity contribution < 1.29 is 4.39 Å². The summed E-state index contributed by atoms with van der Waals surface area (Å²) in [5.41, 5.74) is 8.39. The van der Waals surface area contributed by atoms with Crippen LogP contribution in [0.3, 0.4) is 0 Å². The Balaban J connectivity index is 1.95. The molecule has 0 aromatic heterocycles. The molecule has 0 spiro atoms. The van der Waals surface area contributed by atoms with Gasteiger partial charge in [-0.15, -0.1) is 0 Å². The summed E-state index contributed by atoms with van der Waals surface area (Å²) in [5.74, 6) is -0.143. The fourth-order valence-electron chi connectivity index (χ4n) is 3.73. The molecule has 2 aliphatic rings. The number of hydrogen-bond donors (Lipinski definition) is 1. The lowest BCUT2D eigenvalue weighted by Crippen LogP contribution is -2.55. The van der Waals surface area contributed by atoms with Gasteiger partial charge in [0.05, 0.1) is 0 Å². The molecule has 0 amide bonds. The monoisotopic (exact) mass is 248 g/mol. The third-order valence-electron chi connectivity index (χ3n) is 4.45. The molecule has 18 heavy (non-hydrogen) atoms. The lowest BCUT2D eigenvalue weighted by molar-refractivity contribution is 0.271. The quantitative estimate of drug-likeness (QED) is 0.828. The molecular weight excluding hydrogens is 227 g/mol. The van der Waals surface area contributed by atoms with Crippen LogP contribution in [0.25, 0.3) is 0 Å². The average Bonchev–Trinajstić information content (AvgIpc) is 2.28. The first-order valence-corrected chi connectivity index (χ1v) is 6.95. The second-order valence-electron chi connectivity index (χ2n) is 5.81. The molecule has 0 radical (unpaired) electrons. The number of piperidine rings is 2. The maximum absolute atomic E-state index is 13.2. The van der Waals surface area contributed by atoms with Gasteiger partial charge in [-0.05, 0) is 62.8 Å². The van der Waals surface area contributed by atoms with Gasteiger partial charge in [0, 0.05) is 23.8 Å². The van der Waals surface area contributed by atoms with E-state index in [1.54, 1.807) is 12.1 Å². The Morgan fingerprint density at radius 1 is 1.22 bits per heavy atom. The van der Waals surface area contributed by atoms with E-state index >= 15 is 0 Å². The van der Waals surface area contributed by atoms with Crippen LogP contribution in [-0.2, 0) is 0 Å². The van der Waals surface area contributed by atoms with Crippen molar-refractivity contribution in [3.8, 4) is 0 Å². The topological polar surface area (TPSA) is 29.3 Å². The van der Waals surface area contributed by atoms with E-state index in [1.165, 1.54) is 24.9 Å².